The van der Waals surface area contributed by atoms with Gasteiger partial charge in [0.05, 0.1) is 12.0 Å². The summed E-state index contributed by atoms with van der Waals surface area (Å²) < 4.78 is 0. The zero-order valence-corrected chi connectivity index (χ0v) is 12.1. The van der Waals surface area contributed by atoms with Crippen molar-refractivity contribution in [3.63, 3.8) is 0 Å². The molecule has 0 heterocycles. The van der Waals surface area contributed by atoms with Crippen LogP contribution in [0.5, 0.6) is 0 Å². The summed E-state index contributed by atoms with van der Waals surface area (Å²) in [5.41, 5.74) is 0.383. The molecule has 1 N–H and O–H groups in total. The van der Waals surface area contributed by atoms with Gasteiger partial charge in [-0.2, -0.15) is 5.26 Å². The molecule has 1 aliphatic carbocycles. The van der Waals surface area contributed by atoms with Crippen molar-refractivity contribution in [3.8, 4) is 6.07 Å². The van der Waals surface area contributed by atoms with Crippen LogP contribution in [0.25, 0.3) is 0 Å². The normalized spacial score (nSPS) is 18.8. The van der Waals surface area contributed by atoms with Gasteiger partial charge >= 0.3 is 0 Å². The molecule has 1 fully saturated rings. The van der Waals surface area contributed by atoms with E-state index in [2.05, 4.69) is 11.4 Å². The molecule has 0 aromatic heterocycles. The molecule has 1 unspecified atom stereocenters. The molecule has 106 valence electrons. The zero-order chi connectivity index (χ0) is 14.4. The Morgan fingerprint density at radius 3 is 2.50 bits per heavy atom. The molecular formula is C17H22N2O. The van der Waals surface area contributed by atoms with E-state index in [0.717, 1.165) is 44.1 Å². The minimum absolute atomic E-state index is 0.0119. The molecule has 1 atom stereocenters. The number of carbonyl (C=O) groups is 1. The van der Waals surface area contributed by atoms with E-state index in [1.54, 1.807) is 0 Å². The molecule has 3 nitrogen and oxygen atoms in total. The molecule has 1 aliphatic rings. The molecule has 0 radical (unpaired) electrons. The standard InChI is InChI=1S/C17H22N2O/c1-2-15(14-9-5-3-6-10-14)16(20)19-17(13-18)11-7-4-8-12-17/h3,5-6,9-10,15H,2,4,7-8,11-12H2,1H3,(H,19,20). The Balaban J connectivity index is 2.11. The fraction of sp³-hybridized carbons (Fsp3) is 0.529. The van der Waals surface area contributed by atoms with Crippen molar-refractivity contribution in [2.45, 2.75) is 56.9 Å². The first-order valence-electron chi connectivity index (χ1n) is 7.49. The highest BCUT2D eigenvalue weighted by molar-refractivity contribution is 5.84. The SMILES string of the molecule is CCC(C(=O)NC1(C#N)CCCCC1)c1ccccc1. The molecule has 2 rings (SSSR count). The Bertz CT molecular complexity index is 483. The van der Waals surface area contributed by atoms with Gasteiger partial charge in [-0.1, -0.05) is 56.5 Å². The summed E-state index contributed by atoms with van der Waals surface area (Å²) in [6, 6.07) is 12.2. The van der Waals surface area contributed by atoms with Gasteiger partial charge in [0.2, 0.25) is 5.91 Å². The lowest BCUT2D eigenvalue weighted by Crippen LogP contribution is -2.50. The summed E-state index contributed by atoms with van der Waals surface area (Å²) in [6.45, 7) is 2.01. The van der Waals surface area contributed by atoms with Crippen molar-refractivity contribution in [2.75, 3.05) is 0 Å². The average Bonchev–Trinajstić information content (AvgIpc) is 2.50. The van der Waals surface area contributed by atoms with Gasteiger partial charge in [0.15, 0.2) is 0 Å². The first kappa shape index (κ1) is 14.6. The van der Waals surface area contributed by atoms with E-state index in [4.69, 9.17) is 0 Å². The molecule has 20 heavy (non-hydrogen) atoms. The number of benzene rings is 1. The number of hydrogen-bond acceptors (Lipinski definition) is 2. The van der Waals surface area contributed by atoms with Crippen LogP contribution < -0.4 is 5.32 Å². The summed E-state index contributed by atoms with van der Waals surface area (Å²) >= 11 is 0. The second-order valence-electron chi connectivity index (χ2n) is 5.62. The smallest absolute Gasteiger partial charge is 0.228 e. The second kappa shape index (κ2) is 6.56. The maximum atomic E-state index is 12.5. The summed E-state index contributed by atoms with van der Waals surface area (Å²) in [5, 5.41) is 12.5. The molecule has 0 saturated heterocycles. The number of carbonyl (C=O) groups excluding carboxylic acids is 1. The van der Waals surface area contributed by atoms with E-state index >= 15 is 0 Å². The molecule has 1 aromatic rings. The van der Waals surface area contributed by atoms with Gasteiger partial charge in [-0.15, -0.1) is 0 Å². The maximum absolute atomic E-state index is 12.5. The van der Waals surface area contributed by atoms with Gasteiger partial charge in [-0.25, -0.2) is 0 Å². The van der Waals surface area contributed by atoms with Crippen molar-refractivity contribution in [3.05, 3.63) is 35.9 Å². The zero-order valence-electron chi connectivity index (χ0n) is 12.1. The lowest BCUT2D eigenvalue weighted by atomic mass is 9.82. The monoisotopic (exact) mass is 270 g/mol. The van der Waals surface area contributed by atoms with Gasteiger partial charge in [0, 0.05) is 0 Å². The van der Waals surface area contributed by atoms with Gasteiger partial charge in [-0.3, -0.25) is 4.79 Å². The fourth-order valence-electron chi connectivity index (χ4n) is 3.00. The summed E-state index contributed by atoms with van der Waals surface area (Å²) in [4.78, 5) is 12.5. The van der Waals surface area contributed by atoms with E-state index in [1.165, 1.54) is 0 Å². The minimum atomic E-state index is -0.641. The van der Waals surface area contributed by atoms with Crippen LogP contribution in [0, 0.1) is 11.3 Å². The maximum Gasteiger partial charge on any atom is 0.228 e. The minimum Gasteiger partial charge on any atom is -0.337 e. The third kappa shape index (κ3) is 3.19. The summed E-state index contributed by atoms with van der Waals surface area (Å²) in [5.74, 6) is -0.175. The Kier molecular flexibility index (Phi) is 4.79. The van der Waals surface area contributed by atoms with E-state index in [0.29, 0.717) is 0 Å². The largest absolute Gasteiger partial charge is 0.337 e. The number of nitrogens with zero attached hydrogens (tertiary/aromatic N) is 1. The fourth-order valence-corrected chi connectivity index (χ4v) is 3.00. The van der Waals surface area contributed by atoms with E-state index in [1.807, 2.05) is 37.3 Å². The lowest BCUT2D eigenvalue weighted by molar-refractivity contribution is -0.124. The third-order valence-corrected chi connectivity index (χ3v) is 4.21. The van der Waals surface area contributed by atoms with E-state index in [9.17, 15) is 10.1 Å². The third-order valence-electron chi connectivity index (χ3n) is 4.21. The van der Waals surface area contributed by atoms with Crippen LogP contribution in [0.3, 0.4) is 0 Å². The highest BCUT2D eigenvalue weighted by Gasteiger charge is 2.35. The van der Waals surface area contributed by atoms with Crippen LogP contribution in [0.1, 0.15) is 56.9 Å². The van der Waals surface area contributed by atoms with Crippen molar-refractivity contribution in [2.24, 2.45) is 0 Å². The number of nitriles is 1. The lowest BCUT2D eigenvalue weighted by Gasteiger charge is -2.33. The number of amides is 1. The van der Waals surface area contributed by atoms with E-state index < -0.39 is 5.54 Å². The van der Waals surface area contributed by atoms with Crippen LogP contribution in [-0.4, -0.2) is 11.4 Å². The number of rotatable bonds is 4. The molecule has 1 saturated carbocycles. The average molecular weight is 270 g/mol. The first-order valence-corrected chi connectivity index (χ1v) is 7.49. The van der Waals surface area contributed by atoms with Crippen LogP contribution in [0.15, 0.2) is 30.3 Å². The number of hydrogen-bond donors (Lipinski definition) is 1. The highest BCUT2D eigenvalue weighted by atomic mass is 16.2. The predicted molar refractivity (Wildman–Crippen MR) is 79.0 cm³/mol. The van der Waals surface area contributed by atoms with Crippen LogP contribution in [0.4, 0.5) is 0 Å². The predicted octanol–water partition coefficient (Wildman–Crippen LogP) is 3.52. The van der Waals surface area contributed by atoms with E-state index in [-0.39, 0.29) is 11.8 Å². The molecular weight excluding hydrogens is 248 g/mol. The molecule has 0 spiro atoms. The topological polar surface area (TPSA) is 52.9 Å². The van der Waals surface area contributed by atoms with Crippen LogP contribution in [-0.2, 0) is 4.79 Å². The van der Waals surface area contributed by atoms with Gasteiger partial charge in [-0.05, 0) is 24.8 Å². The Hall–Kier alpha value is -1.82. The Morgan fingerprint density at radius 1 is 1.30 bits per heavy atom. The molecule has 0 aliphatic heterocycles. The highest BCUT2D eigenvalue weighted by Crippen LogP contribution is 2.29. The van der Waals surface area contributed by atoms with Crippen molar-refractivity contribution in [1.82, 2.24) is 5.32 Å². The van der Waals surface area contributed by atoms with Gasteiger partial charge in [0.1, 0.15) is 5.54 Å². The van der Waals surface area contributed by atoms with Crippen molar-refractivity contribution >= 4 is 5.91 Å². The van der Waals surface area contributed by atoms with Gasteiger partial charge < -0.3 is 5.32 Å². The van der Waals surface area contributed by atoms with Crippen molar-refractivity contribution in [1.29, 1.82) is 5.26 Å². The second-order valence-corrected chi connectivity index (χ2v) is 5.62. The van der Waals surface area contributed by atoms with Crippen molar-refractivity contribution < 1.29 is 4.79 Å². The van der Waals surface area contributed by atoms with Crippen LogP contribution >= 0.6 is 0 Å². The quantitative estimate of drug-likeness (QED) is 0.910. The summed E-state index contributed by atoms with van der Waals surface area (Å²) in [7, 11) is 0. The Labute approximate surface area is 121 Å². The first-order chi connectivity index (χ1) is 9.71. The van der Waals surface area contributed by atoms with Gasteiger partial charge in [0.25, 0.3) is 0 Å². The molecule has 0 bridgehead atoms. The summed E-state index contributed by atoms with van der Waals surface area (Å²) in [6.07, 6.45) is 5.51. The number of nitrogens with one attached hydrogen (secondary N) is 1. The molecule has 1 amide bonds. The Morgan fingerprint density at radius 2 is 1.95 bits per heavy atom. The molecule has 1 aromatic carbocycles. The molecule has 3 heteroatoms. The van der Waals surface area contributed by atoms with Crippen LogP contribution in [0.2, 0.25) is 0 Å².